The van der Waals surface area contributed by atoms with Crippen molar-refractivity contribution >= 4 is 15.8 Å². The molecule has 0 aromatic heterocycles. The van der Waals surface area contributed by atoms with Gasteiger partial charge in [0.2, 0.25) is 10.0 Å². The highest BCUT2D eigenvalue weighted by Crippen LogP contribution is 2.24. The van der Waals surface area contributed by atoms with E-state index in [1.807, 2.05) is 0 Å². The minimum absolute atomic E-state index is 0.192. The molecule has 116 valence electrons. The molecule has 1 aliphatic rings. The SMILES string of the molecule is CCC(=O)c1ccc(F)c(S(=O)(=O)N2CCCCCC2)c1. The van der Waals surface area contributed by atoms with Gasteiger partial charge in [0.05, 0.1) is 0 Å². The van der Waals surface area contributed by atoms with E-state index >= 15 is 0 Å². The molecule has 1 fully saturated rings. The summed E-state index contributed by atoms with van der Waals surface area (Å²) in [5.74, 6) is -0.991. The van der Waals surface area contributed by atoms with E-state index in [2.05, 4.69) is 0 Å². The van der Waals surface area contributed by atoms with Crippen molar-refractivity contribution < 1.29 is 17.6 Å². The van der Waals surface area contributed by atoms with Gasteiger partial charge in [0.15, 0.2) is 5.78 Å². The number of sulfonamides is 1. The van der Waals surface area contributed by atoms with Crippen molar-refractivity contribution in [3.05, 3.63) is 29.6 Å². The molecule has 1 aliphatic heterocycles. The van der Waals surface area contributed by atoms with Crippen molar-refractivity contribution in [3.8, 4) is 0 Å². The number of rotatable bonds is 4. The minimum atomic E-state index is -3.87. The molecule has 0 radical (unpaired) electrons. The molecular formula is C15H20FNO3S. The quantitative estimate of drug-likeness (QED) is 0.803. The zero-order chi connectivity index (χ0) is 15.5. The summed E-state index contributed by atoms with van der Waals surface area (Å²) in [6, 6.07) is 3.57. The number of benzene rings is 1. The molecule has 0 aliphatic carbocycles. The van der Waals surface area contributed by atoms with Gasteiger partial charge >= 0.3 is 0 Å². The molecule has 4 nitrogen and oxygen atoms in total. The van der Waals surface area contributed by atoms with Gasteiger partial charge in [-0.25, -0.2) is 12.8 Å². The number of hydrogen-bond acceptors (Lipinski definition) is 3. The molecule has 0 saturated carbocycles. The third kappa shape index (κ3) is 3.49. The van der Waals surface area contributed by atoms with Crippen LogP contribution in [-0.2, 0) is 10.0 Å². The lowest BCUT2D eigenvalue weighted by Crippen LogP contribution is -2.32. The summed E-state index contributed by atoms with van der Waals surface area (Å²) in [6.07, 6.45) is 3.81. The Morgan fingerprint density at radius 1 is 1.19 bits per heavy atom. The maximum absolute atomic E-state index is 14.0. The summed E-state index contributed by atoms with van der Waals surface area (Å²) < 4.78 is 40.5. The molecule has 0 spiro atoms. The highest BCUT2D eigenvalue weighted by atomic mass is 32.2. The fraction of sp³-hybridized carbons (Fsp3) is 0.533. The molecule has 0 N–H and O–H groups in total. The number of carbonyl (C=O) groups is 1. The minimum Gasteiger partial charge on any atom is -0.294 e. The van der Waals surface area contributed by atoms with E-state index in [9.17, 15) is 17.6 Å². The summed E-state index contributed by atoms with van der Waals surface area (Å²) in [5, 5.41) is 0. The first-order chi connectivity index (χ1) is 9.96. The van der Waals surface area contributed by atoms with Crippen LogP contribution in [0.2, 0.25) is 0 Å². The molecule has 2 rings (SSSR count). The van der Waals surface area contributed by atoms with Crippen LogP contribution >= 0.6 is 0 Å². The van der Waals surface area contributed by atoms with Crippen molar-refractivity contribution in [2.45, 2.75) is 43.9 Å². The topological polar surface area (TPSA) is 54.5 Å². The summed E-state index contributed by atoms with van der Waals surface area (Å²) in [5.41, 5.74) is 0.243. The van der Waals surface area contributed by atoms with Crippen LogP contribution in [-0.4, -0.2) is 31.6 Å². The molecule has 0 bridgehead atoms. The Labute approximate surface area is 125 Å². The van der Waals surface area contributed by atoms with Crippen molar-refractivity contribution in [1.29, 1.82) is 0 Å². The Hall–Kier alpha value is -1.27. The third-order valence-corrected chi connectivity index (χ3v) is 5.67. The van der Waals surface area contributed by atoms with Crippen LogP contribution in [0, 0.1) is 5.82 Å². The molecule has 6 heteroatoms. The fourth-order valence-electron chi connectivity index (χ4n) is 2.50. The van der Waals surface area contributed by atoms with Crippen LogP contribution in [0.1, 0.15) is 49.4 Å². The first-order valence-corrected chi connectivity index (χ1v) is 8.73. The van der Waals surface area contributed by atoms with E-state index in [0.29, 0.717) is 13.1 Å². The van der Waals surface area contributed by atoms with E-state index < -0.39 is 15.8 Å². The second kappa shape index (κ2) is 6.66. The van der Waals surface area contributed by atoms with Gasteiger partial charge in [0, 0.05) is 25.1 Å². The third-order valence-electron chi connectivity index (χ3n) is 3.76. The molecule has 21 heavy (non-hydrogen) atoms. The summed E-state index contributed by atoms with van der Waals surface area (Å²) in [7, 11) is -3.87. The van der Waals surface area contributed by atoms with E-state index in [1.165, 1.54) is 16.4 Å². The van der Waals surface area contributed by atoms with Crippen molar-refractivity contribution in [2.24, 2.45) is 0 Å². The van der Waals surface area contributed by atoms with Gasteiger partial charge in [0.25, 0.3) is 0 Å². The molecule has 1 aromatic carbocycles. The maximum Gasteiger partial charge on any atom is 0.246 e. The molecule has 0 unspecified atom stereocenters. The highest BCUT2D eigenvalue weighted by molar-refractivity contribution is 7.89. The summed E-state index contributed by atoms with van der Waals surface area (Å²) >= 11 is 0. The average molecular weight is 313 g/mol. The Bertz CT molecular complexity index is 620. The van der Waals surface area contributed by atoms with Crippen molar-refractivity contribution in [2.75, 3.05) is 13.1 Å². The molecule has 0 amide bonds. The lowest BCUT2D eigenvalue weighted by Gasteiger charge is -2.20. The van der Waals surface area contributed by atoms with Gasteiger partial charge in [-0.2, -0.15) is 4.31 Å². The second-order valence-electron chi connectivity index (χ2n) is 5.24. The highest BCUT2D eigenvalue weighted by Gasteiger charge is 2.28. The Balaban J connectivity index is 2.40. The summed E-state index contributed by atoms with van der Waals surface area (Å²) in [4.78, 5) is 11.3. The lowest BCUT2D eigenvalue weighted by atomic mass is 10.1. The number of halogens is 1. The van der Waals surface area contributed by atoms with E-state index in [1.54, 1.807) is 6.92 Å². The van der Waals surface area contributed by atoms with Gasteiger partial charge in [-0.05, 0) is 31.0 Å². The zero-order valence-corrected chi connectivity index (χ0v) is 13.0. The number of ketones is 1. The monoisotopic (exact) mass is 313 g/mol. The lowest BCUT2D eigenvalue weighted by molar-refractivity contribution is 0.0988. The Morgan fingerprint density at radius 3 is 2.38 bits per heavy atom. The Morgan fingerprint density at radius 2 is 1.81 bits per heavy atom. The van der Waals surface area contributed by atoms with Gasteiger partial charge in [-0.15, -0.1) is 0 Å². The van der Waals surface area contributed by atoms with Gasteiger partial charge in [0.1, 0.15) is 10.7 Å². The van der Waals surface area contributed by atoms with Crippen molar-refractivity contribution in [3.63, 3.8) is 0 Å². The van der Waals surface area contributed by atoms with Gasteiger partial charge in [-0.1, -0.05) is 19.8 Å². The van der Waals surface area contributed by atoms with E-state index in [0.717, 1.165) is 31.7 Å². The second-order valence-corrected chi connectivity index (χ2v) is 7.15. The normalized spacial score (nSPS) is 17.4. The predicted molar refractivity (Wildman–Crippen MR) is 78.2 cm³/mol. The molecule has 1 heterocycles. The van der Waals surface area contributed by atoms with E-state index in [-0.39, 0.29) is 22.7 Å². The Kier molecular flexibility index (Phi) is 5.11. The van der Waals surface area contributed by atoms with Gasteiger partial charge < -0.3 is 0 Å². The van der Waals surface area contributed by atoms with Crippen LogP contribution in [0.5, 0.6) is 0 Å². The number of nitrogens with zero attached hydrogens (tertiary/aromatic N) is 1. The fourth-order valence-corrected chi connectivity index (χ4v) is 4.11. The van der Waals surface area contributed by atoms with Crippen LogP contribution in [0.25, 0.3) is 0 Å². The first-order valence-electron chi connectivity index (χ1n) is 7.29. The number of Topliss-reactive ketones (excluding diaryl/α,β-unsaturated/α-hetero) is 1. The molecule has 0 atom stereocenters. The van der Waals surface area contributed by atoms with Crippen molar-refractivity contribution in [1.82, 2.24) is 4.31 Å². The zero-order valence-electron chi connectivity index (χ0n) is 12.1. The van der Waals surface area contributed by atoms with Crippen LogP contribution in [0.4, 0.5) is 4.39 Å². The van der Waals surface area contributed by atoms with Crippen LogP contribution < -0.4 is 0 Å². The van der Waals surface area contributed by atoms with Gasteiger partial charge in [-0.3, -0.25) is 4.79 Å². The largest absolute Gasteiger partial charge is 0.294 e. The standard InChI is InChI=1S/C15H20FNO3S/c1-2-14(18)12-7-8-13(16)15(11-12)21(19,20)17-9-5-3-4-6-10-17/h7-8,11H,2-6,9-10H2,1H3. The summed E-state index contributed by atoms with van der Waals surface area (Å²) in [6.45, 7) is 2.51. The molecule has 1 saturated heterocycles. The van der Waals surface area contributed by atoms with Crippen LogP contribution in [0.15, 0.2) is 23.1 Å². The first kappa shape index (κ1) is 16.1. The molecular weight excluding hydrogens is 293 g/mol. The van der Waals surface area contributed by atoms with Crippen LogP contribution in [0.3, 0.4) is 0 Å². The smallest absolute Gasteiger partial charge is 0.246 e. The average Bonchev–Trinajstić information content (AvgIpc) is 2.76. The van der Waals surface area contributed by atoms with E-state index in [4.69, 9.17) is 0 Å². The maximum atomic E-state index is 14.0. The number of hydrogen-bond donors (Lipinski definition) is 0. The number of carbonyl (C=O) groups excluding carboxylic acids is 1. The molecule has 1 aromatic rings. The predicted octanol–water partition coefficient (Wildman–Crippen LogP) is 2.98.